The van der Waals surface area contributed by atoms with Gasteiger partial charge in [0, 0.05) is 30.1 Å². The number of ether oxygens (including phenoxy) is 2. The average Bonchev–Trinajstić information content (AvgIpc) is 2.69. The predicted molar refractivity (Wildman–Crippen MR) is 110 cm³/mol. The molecule has 3 aromatic rings. The topological polar surface area (TPSA) is 69.6 Å². The van der Waals surface area contributed by atoms with Gasteiger partial charge in [-0.1, -0.05) is 12.1 Å². The number of hydrogen-bond donors (Lipinski definition) is 1. The van der Waals surface area contributed by atoms with Gasteiger partial charge in [-0.2, -0.15) is 0 Å². The van der Waals surface area contributed by atoms with Gasteiger partial charge in [-0.3, -0.25) is 9.59 Å². The summed E-state index contributed by atoms with van der Waals surface area (Å²) in [5.74, 6) is 1.20. The molecule has 0 aliphatic rings. The summed E-state index contributed by atoms with van der Waals surface area (Å²) in [7, 11) is 1.57. The summed E-state index contributed by atoms with van der Waals surface area (Å²) in [5.41, 5.74) is 2.13. The molecule has 0 aliphatic carbocycles. The maximum Gasteiger partial charge on any atom is 0.251 e. The second-order valence-corrected chi connectivity index (χ2v) is 6.43. The summed E-state index contributed by atoms with van der Waals surface area (Å²) in [6.07, 6.45) is 0.170. The molecule has 1 N–H and O–H groups in total. The van der Waals surface area contributed by atoms with Crippen molar-refractivity contribution in [1.82, 2.24) is 4.57 Å². The van der Waals surface area contributed by atoms with Crippen LogP contribution in [0.25, 0.3) is 10.9 Å². The number of fused-ring (bicyclic) bond motifs is 1. The smallest absolute Gasteiger partial charge is 0.251 e. The molecular weight excluding hydrogens is 356 g/mol. The highest BCUT2D eigenvalue weighted by Crippen LogP contribution is 2.26. The molecule has 0 aliphatic heterocycles. The number of nitrogens with zero attached hydrogens (tertiary/aromatic N) is 1. The van der Waals surface area contributed by atoms with Crippen LogP contribution in [-0.2, 0) is 11.3 Å². The molecule has 1 heterocycles. The van der Waals surface area contributed by atoms with Crippen LogP contribution in [0.3, 0.4) is 0 Å². The third-order valence-corrected chi connectivity index (χ3v) is 4.53. The summed E-state index contributed by atoms with van der Waals surface area (Å²) >= 11 is 0. The van der Waals surface area contributed by atoms with Crippen LogP contribution in [0.1, 0.15) is 18.9 Å². The molecule has 6 heteroatoms. The first-order chi connectivity index (χ1) is 13.5. The van der Waals surface area contributed by atoms with Crippen LogP contribution < -0.4 is 20.3 Å². The normalized spacial score (nSPS) is 10.7. The Morgan fingerprint density at radius 2 is 1.89 bits per heavy atom. The second-order valence-electron chi connectivity index (χ2n) is 6.43. The van der Waals surface area contributed by atoms with Crippen molar-refractivity contribution in [1.29, 1.82) is 0 Å². The zero-order valence-corrected chi connectivity index (χ0v) is 16.3. The van der Waals surface area contributed by atoms with Gasteiger partial charge in [-0.05, 0) is 49.7 Å². The van der Waals surface area contributed by atoms with Crippen LogP contribution in [0.15, 0.2) is 53.3 Å². The number of anilines is 1. The molecule has 0 radical (unpaired) electrons. The summed E-state index contributed by atoms with van der Waals surface area (Å²) in [6, 6.07) is 14.4. The van der Waals surface area contributed by atoms with Gasteiger partial charge in [-0.15, -0.1) is 0 Å². The van der Waals surface area contributed by atoms with E-state index in [-0.39, 0.29) is 24.4 Å². The number of carbonyl (C=O) groups is 1. The molecule has 0 fully saturated rings. The third-order valence-electron chi connectivity index (χ3n) is 4.53. The molecule has 3 rings (SSSR count). The van der Waals surface area contributed by atoms with Crippen molar-refractivity contribution in [3.05, 3.63) is 64.4 Å². The van der Waals surface area contributed by atoms with Gasteiger partial charge < -0.3 is 19.4 Å². The summed E-state index contributed by atoms with van der Waals surface area (Å²) in [4.78, 5) is 24.9. The highest BCUT2D eigenvalue weighted by Gasteiger charge is 2.12. The van der Waals surface area contributed by atoms with Crippen molar-refractivity contribution in [2.75, 3.05) is 19.0 Å². The van der Waals surface area contributed by atoms with E-state index in [1.807, 2.05) is 44.2 Å². The van der Waals surface area contributed by atoms with Crippen LogP contribution in [0.2, 0.25) is 0 Å². The number of carbonyl (C=O) groups excluding carboxylic acids is 1. The molecular formula is C22H24N2O4. The first kappa shape index (κ1) is 19.5. The Morgan fingerprint density at radius 1 is 1.14 bits per heavy atom. The maximum absolute atomic E-state index is 12.6. The van der Waals surface area contributed by atoms with Crippen molar-refractivity contribution in [2.45, 2.75) is 26.8 Å². The van der Waals surface area contributed by atoms with Crippen molar-refractivity contribution in [3.8, 4) is 11.5 Å². The molecule has 28 heavy (non-hydrogen) atoms. The Morgan fingerprint density at radius 3 is 2.57 bits per heavy atom. The van der Waals surface area contributed by atoms with Gasteiger partial charge in [0.15, 0.2) is 0 Å². The van der Waals surface area contributed by atoms with Gasteiger partial charge in [0.2, 0.25) is 5.91 Å². The van der Waals surface area contributed by atoms with E-state index < -0.39 is 0 Å². The minimum absolute atomic E-state index is 0.150. The number of benzene rings is 2. The number of aromatic nitrogens is 1. The maximum atomic E-state index is 12.6. The first-order valence-corrected chi connectivity index (χ1v) is 9.23. The van der Waals surface area contributed by atoms with Crippen LogP contribution in [0, 0.1) is 6.92 Å². The zero-order chi connectivity index (χ0) is 20.1. The molecule has 0 bridgehead atoms. The Balaban J connectivity index is 1.78. The number of hydrogen-bond acceptors (Lipinski definition) is 4. The Kier molecular flexibility index (Phi) is 5.99. The van der Waals surface area contributed by atoms with E-state index in [1.165, 1.54) is 0 Å². The monoisotopic (exact) mass is 380 g/mol. The number of nitrogens with one attached hydrogen (secondary N) is 1. The predicted octanol–water partition coefficient (Wildman–Crippen LogP) is 3.75. The van der Waals surface area contributed by atoms with E-state index in [4.69, 9.17) is 9.47 Å². The van der Waals surface area contributed by atoms with Gasteiger partial charge in [-0.25, -0.2) is 0 Å². The molecule has 0 unspecified atom stereocenters. The van der Waals surface area contributed by atoms with E-state index in [9.17, 15) is 9.59 Å². The lowest BCUT2D eigenvalue weighted by Crippen LogP contribution is -2.24. The number of amides is 1. The molecule has 1 aromatic heterocycles. The highest BCUT2D eigenvalue weighted by atomic mass is 16.5. The van der Waals surface area contributed by atoms with Gasteiger partial charge in [0.05, 0.1) is 19.2 Å². The van der Waals surface area contributed by atoms with Crippen molar-refractivity contribution in [3.63, 3.8) is 0 Å². The standard InChI is InChI=1S/C22H24N2O4/c1-4-28-17-10-8-16(9-11-17)23-20(25)12-13-24-21(26)14-15(2)18-6-5-7-19(27-3)22(18)24/h5-11,14H,4,12-13H2,1-3H3,(H,23,25). The van der Waals surface area contributed by atoms with Crippen molar-refractivity contribution >= 4 is 22.5 Å². The molecule has 1 amide bonds. The minimum atomic E-state index is -0.167. The molecule has 0 spiro atoms. The molecule has 6 nitrogen and oxygen atoms in total. The SMILES string of the molecule is CCOc1ccc(NC(=O)CCn2c(=O)cc(C)c3cccc(OC)c32)cc1. The number of pyridine rings is 1. The van der Waals surface area contributed by atoms with Crippen LogP contribution >= 0.6 is 0 Å². The number of para-hydroxylation sites is 1. The van der Waals surface area contributed by atoms with Crippen molar-refractivity contribution in [2.24, 2.45) is 0 Å². The van der Waals surface area contributed by atoms with Crippen LogP contribution in [0.4, 0.5) is 5.69 Å². The van der Waals surface area contributed by atoms with Gasteiger partial charge in [0.25, 0.3) is 5.56 Å². The quantitative estimate of drug-likeness (QED) is 0.678. The van der Waals surface area contributed by atoms with Crippen LogP contribution in [-0.4, -0.2) is 24.2 Å². The fraction of sp³-hybridized carbons (Fsp3) is 0.273. The Labute approximate surface area is 163 Å². The fourth-order valence-corrected chi connectivity index (χ4v) is 3.19. The van der Waals surface area contributed by atoms with Crippen LogP contribution in [0.5, 0.6) is 11.5 Å². The number of aryl methyl sites for hydroxylation is 2. The molecule has 146 valence electrons. The summed E-state index contributed by atoms with van der Waals surface area (Å²) in [6.45, 7) is 4.67. The summed E-state index contributed by atoms with van der Waals surface area (Å²) in [5, 5.41) is 3.78. The number of rotatable bonds is 7. The minimum Gasteiger partial charge on any atom is -0.495 e. The average molecular weight is 380 g/mol. The molecule has 0 atom stereocenters. The van der Waals surface area contributed by atoms with Crippen molar-refractivity contribution < 1.29 is 14.3 Å². The lowest BCUT2D eigenvalue weighted by Gasteiger charge is -2.15. The highest BCUT2D eigenvalue weighted by molar-refractivity contribution is 5.91. The summed E-state index contributed by atoms with van der Waals surface area (Å²) < 4.78 is 12.4. The van der Waals surface area contributed by atoms with Gasteiger partial charge in [0.1, 0.15) is 11.5 Å². The molecule has 0 saturated heterocycles. The Hall–Kier alpha value is -3.28. The number of methoxy groups -OCH3 is 1. The second kappa shape index (κ2) is 8.61. The fourth-order valence-electron chi connectivity index (χ4n) is 3.19. The van der Waals surface area contributed by atoms with E-state index >= 15 is 0 Å². The zero-order valence-electron chi connectivity index (χ0n) is 16.3. The molecule has 2 aromatic carbocycles. The molecule has 0 saturated carbocycles. The van der Waals surface area contributed by atoms with E-state index in [0.717, 1.165) is 16.7 Å². The third kappa shape index (κ3) is 4.17. The lowest BCUT2D eigenvalue weighted by atomic mass is 10.1. The Bertz CT molecular complexity index is 1040. The first-order valence-electron chi connectivity index (χ1n) is 9.23. The lowest BCUT2D eigenvalue weighted by molar-refractivity contribution is -0.116. The van der Waals surface area contributed by atoms with E-state index in [0.29, 0.717) is 23.6 Å². The largest absolute Gasteiger partial charge is 0.495 e. The van der Waals surface area contributed by atoms with E-state index in [1.54, 1.807) is 29.9 Å². The van der Waals surface area contributed by atoms with E-state index in [2.05, 4.69) is 5.32 Å². The van der Waals surface area contributed by atoms with Gasteiger partial charge >= 0.3 is 0 Å².